The number of aromatic nitrogens is 3. The summed E-state index contributed by atoms with van der Waals surface area (Å²) in [5.74, 6) is 2.44. The van der Waals surface area contributed by atoms with E-state index in [0.717, 1.165) is 21.7 Å². The summed E-state index contributed by atoms with van der Waals surface area (Å²) in [6.07, 6.45) is 6.48. The van der Waals surface area contributed by atoms with E-state index in [9.17, 15) is 0 Å². The van der Waals surface area contributed by atoms with Crippen molar-refractivity contribution in [1.82, 2.24) is 15.2 Å². The number of halogens is 1. The van der Waals surface area contributed by atoms with Crippen molar-refractivity contribution in [2.75, 3.05) is 0 Å². The summed E-state index contributed by atoms with van der Waals surface area (Å²) >= 11 is 3.56. The molecule has 0 radical (unpaired) electrons. The van der Waals surface area contributed by atoms with Crippen molar-refractivity contribution in [1.29, 1.82) is 0 Å². The van der Waals surface area contributed by atoms with Gasteiger partial charge in [0.1, 0.15) is 5.82 Å². The van der Waals surface area contributed by atoms with Gasteiger partial charge in [-0.15, -0.1) is 0 Å². The second-order valence-electron chi connectivity index (χ2n) is 5.34. The average molecular weight is 320 g/mol. The lowest BCUT2D eigenvalue weighted by Gasteiger charge is -2.18. The first kappa shape index (κ1) is 12.9. The number of aryl methyl sites for hydroxylation is 1. The molecule has 3 rings (SSSR count). The van der Waals surface area contributed by atoms with E-state index >= 15 is 0 Å². The van der Waals surface area contributed by atoms with Crippen LogP contribution in [-0.2, 0) is 0 Å². The Morgan fingerprint density at radius 3 is 2.74 bits per heavy atom. The lowest BCUT2D eigenvalue weighted by Crippen LogP contribution is -2.06. The molecule has 1 aromatic carbocycles. The number of rotatable bonds is 2. The maximum absolute atomic E-state index is 4.69. The molecular formula is C15H18BrN3. The van der Waals surface area contributed by atoms with Crippen LogP contribution in [0, 0.1) is 6.92 Å². The van der Waals surface area contributed by atoms with E-state index in [1.54, 1.807) is 0 Å². The van der Waals surface area contributed by atoms with Gasteiger partial charge in [-0.25, -0.2) is 4.98 Å². The van der Waals surface area contributed by atoms with Crippen LogP contribution in [0.5, 0.6) is 0 Å². The van der Waals surface area contributed by atoms with Gasteiger partial charge in [0.05, 0.1) is 0 Å². The normalized spacial score (nSPS) is 16.7. The van der Waals surface area contributed by atoms with E-state index in [1.165, 1.54) is 37.7 Å². The molecule has 19 heavy (non-hydrogen) atoms. The largest absolute Gasteiger partial charge is 0.262 e. The second kappa shape index (κ2) is 5.45. The first-order valence-corrected chi connectivity index (χ1v) is 7.72. The van der Waals surface area contributed by atoms with Crippen LogP contribution < -0.4 is 0 Å². The number of H-pyrrole nitrogens is 1. The van der Waals surface area contributed by atoms with Gasteiger partial charge < -0.3 is 0 Å². The third-order valence-electron chi connectivity index (χ3n) is 3.92. The zero-order chi connectivity index (χ0) is 13.2. The molecule has 0 unspecified atom stereocenters. The molecule has 0 spiro atoms. The summed E-state index contributed by atoms with van der Waals surface area (Å²) in [6.45, 7) is 2.08. The van der Waals surface area contributed by atoms with E-state index in [4.69, 9.17) is 0 Å². The first-order valence-electron chi connectivity index (χ1n) is 6.93. The minimum absolute atomic E-state index is 0.573. The molecule has 0 amide bonds. The molecule has 1 N–H and O–H groups in total. The zero-order valence-corrected chi connectivity index (χ0v) is 12.7. The van der Waals surface area contributed by atoms with Gasteiger partial charge >= 0.3 is 0 Å². The Bertz CT molecular complexity index is 571. The van der Waals surface area contributed by atoms with Crippen molar-refractivity contribution in [3.05, 3.63) is 34.1 Å². The lowest BCUT2D eigenvalue weighted by molar-refractivity contribution is 0.429. The van der Waals surface area contributed by atoms with Crippen LogP contribution >= 0.6 is 15.9 Å². The topological polar surface area (TPSA) is 41.6 Å². The standard InChI is InChI=1S/C15H18BrN3/c1-10-7-8-12(9-13(10)16)15-17-14(18-19-15)11-5-3-2-4-6-11/h7-9,11H,2-6H2,1H3,(H,17,18,19). The highest BCUT2D eigenvalue weighted by atomic mass is 79.9. The van der Waals surface area contributed by atoms with Gasteiger partial charge in [0, 0.05) is 16.0 Å². The molecule has 1 aromatic heterocycles. The number of nitrogens with zero attached hydrogens (tertiary/aromatic N) is 2. The molecule has 1 heterocycles. The summed E-state index contributed by atoms with van der Waals surface area (Å²) in [7, 11) is 0. The van der Waals surface area contributed by atoms with Gasteiger partial charge in [0.25, 0.3) is 0 Å². The van der Waals surface area contributed by atoms with Crippen LogP contribution in [0.2, 0.25) is 0 Å². The van der Waals surface area contributed by atoms with Gasteiger partial charge in [-0.05, 0) is 31.4 Å². The predicted octanol–water partition coefficient (Wildman–Crippen LogP) is 4.59. The van der Waals surface area contributed by atoms with Crippen LogP contribution in [0.4, 0.5) is 0 Å². The van der Waals surface area contributed by atoms with Crippen LogP contribution in [0.15, 0.2) is 22.7 Å². The Morgan fingerprint density at radius 2 is 2.00 bits per heavy atom. The summed E-state index contributed by atoms with van der Waals surface area (Å²) in [5, 5.41) is 7.51. The molecule has 2 aromatic rings. The molecular weight excluding hydrogens is 302 g/mol. The Kier molecular flexibility index (Phi) is 3.69. The van der Waals surface area contributed by atoms with Gasteiger partial charge in [0.15, 0.2) is 5.82 Å². The molecule has 1 aliphatic rings. The molecule has 0 aliphatic heterocycles. The quantitative estimate of drug-likeness (QED) is 0.879. The van der Waals surface area contributed by atoms with Gasteiger partial charge in [-0.3, -0.25) is 5.10 Å². The highest BCUT2D eigenvalue weighted by Gasteiger charge is 2.19. The third-order valence-corrected chi connectivity index (χ3v) is 4.78. The van der Waals surface area contributed by atoms with E-state index < -0.39 is 0 Å². The summed E-state index contributed by atoms with van der Waals surface area (Å²) in [5.41, 5.74) is 2.29. The van der Waals surface area contributed by atoms with Crippen LogP contribution in [-0.4, -0.2) is 15.2 Å². The number of benzene rings is 1. The van der Waals surface area contributed by atoms with Crippen molar-refractivity contribution in [2.24, 2.45) is 0 Å². The highest BCUT2D eigenvalue weighted by molar-refractivity contribution is 9.10. The average Bonchev–Trinajstić information content (AvgIpc) is 2.93. The third kappa shape index (κ3) is 2.73. The fraction of sp³-hybridized carbons (Fsp3) is 0.467. The van der Waals surface area contributed by atoms with Crippen molar-refractivity contribution < 1.29 is 0 Å². The lowest BCUT2D eigenvalue weighted by atomic mass is 9.89. The van der Waals surface area contributed by atoms with Crippen molar-refractivity contribution >= 4 is 15.9 Å². The van der Waals surface area contributed by atoms with Crippen LogP contribution in [0.1, 0.15) is 49.4 Å². The van der Waals surface area contributed by atoms with E-state index in [1.807, 2.05) is 0 Å². The molecule has 1 aliphatic carbocycles. The number of hydrogen-bond acceptors (Lipinski definition) is 2. The minimum Gasteiger partial charge on any atom is -0.262 e. The Morgan fingerprint density at radius 1 is 1.21 bits per heavy atom. The molecule has 0 bridgehead atoms. The molecule has 4 heteroatoms. The van der Waals surface area contributed by atoms with Crippen molar-refractivity contribution in [3.8, 4) is 11.4 Å². The zero-order valence-electron chi connectivity index (χ0n) is 11.1. The molecule has 0 saturated heterocycles. The maximum atomic E-state index is 4.69. The Hall–Kier alpha value is -1.16. The fourth-order valence-electron chi connectivity index (χ4n) is 2.69. The number of aromatic amines is 1. The molecule has 1 saturated carbocycles. The SMILES string of the molecule is Cc1ccc(-c2n[nH]c(C3CCCCC3)n2)cc1Br. The Labute approximate surface area is 122 Å². The smallest absolute Gasteiger partial charge is 0.181 e. The van der Waals surface area contributed by atoms with Crippen LogP contribution in [0.25, 0.3) is 11.4 Å². The predicted molar refractivity (Wildman–Crippen MR) is 80.1 cm³/mol. The second-order valence-corrected chi connectivity index (χ2v) is 6.20. The summed E-state index contributed by atoms with van der Waals surface area (Å²) in [4.78, 5) is 4.69. The summed E-state index contributed by atoms with van der Waals surface area (Å²) < 4.78 is 1.11. The van der Waals surface area contributed by atoms with E-state index in [-0.39, 0.29) is 0 Å². The number of nitrogens with one attached hydrogen (secondary N) is 1. The van der Waals surface area contributed by atoms with Gasteiger partial charge in [-0.2, -0.15) is 5.10 Å². The molecule has 1 fully saturated rings. The van der Waals surface area contributed by atoms with E-state index in [0.29, 0.717) is 5.92 Å². The monoisotopic (exact) mass is 319 g/mol. The number of hydrogen-bond donors (Lipinski definition) is 1. The van der Waals surface area contributed by atoms with Gasteiger partial charge in [-0.1, -0.05) is 47.3 Å². The Balaban J connectivity index is 1.85. The van der Waals surface area contributed by atoms with E-state index in [2.05, 4.69) is 56.2 Å². The van der Waals surface area contributed by atoms with Crippen LogP contribution in [0.3, 0.4) is 0 Å². The van der Waals surface area contributed by atoms with Crippen molar-refractivity contribution in [2.45, 2.75) is 44.9 Å². The highest BCUT2D eigenvalue weighted by Crippen LogP contribution is 2.31. The molecule has 100 valence electrons. The molecule has 0 atom stereocenters. The van der Waals surface area contributed by atoms with Gasteiger partial charge in [0.2, 0.25) is 0 Å². The molecule has 3 nitrogen and oxygen atoms in total. The summed E-state index contributed by atoms with van der Waals surface area (Å²) in [6, 6.07) is 6.26. The first-order chi connectivity index (χ1) is 9.24. The van der Waals surface area contributed by atoms with Crippen molar-refractivity contribution in [3.63, 3.8) is 0 Å². The maximum Gasteiger partial charge on any atom is 0.181 e. The fourth-order valence-corrected chi connectivity index (χ4v) is 3.07. The minimum atomic E-state index is 0.573.